The number of allylic oxidation sites excluding steroid dienone is 7. The molecule has 1 unspecified atom stereocenters. The summed E-state index contributed by atoms with van der Waals surface area (Å²) in [5.74, 6) is 0.846. The fourth-order valence-corrected chi connectivity index (χ4v) is 8.02. The molecule has 0 saturated carbocycles. The number of carbonyl (C=O) groups excluding carboxylic acids is 2. The molecule has 0 saturated heterocycles. The molecule has 22 nitrogen and oxygen atoms in total. The van der Waals surface area contributed by atoms with Crippen molar-refractivity contribution in [3.8, 4) is 47.2 Å². The number of nitrogens with one attached hydrogen (secondary N) is 5. The molecule has 0 bridgehead atoms. The number of nitroso groups, excluding NO2 is 1. The molecule has 1 aliphatic carbocycles. The molecule has 5 aromatic heterocycles. The monoisotopic (exact) mass is 1090 g/mol. The van der Waals surface area contributed by atoms with Gasteiger partial charge >= 0.3 is 11.9 Å². The first-order valence-electron chi connectivity index (χ1n) is 25.1. The Morgan fingerprint density at radius 1 is 0.768 bits per heavy atom. The van der Waals surface area contributed by atoms with Crippen LogP contribution in [0.5, 0.6) is 0 Å². The van der Waals surface area contributed by atoms with Gasteiger partial charge in [0.25, 0.3) is 11.6 Å². The van der Waals surface area contributed by atoms with Crippen LogP contribution >= 0.6 is 0 Å². The van der Waals surface area contributed by atoms with Crippen LogP contribution in [0.2, 0.25) is 0 Å². The van der Waals surface area contributed by atoms with E-state index in [0.717, 1.165) is 51.3 Å². The van der Waals surface area contributed by atoms with Gasteiger partial charge in [0.1, 0.15) is 22.6 Å². The largest absolute Gasteiger partial charge is 0.462 e. The van der Waals surface area contributed by atoms with Crippen molar-refractivity contribution in [2.75, 3.05) is 27.9 Å². The number of hydrogen-bond donors (Lipinski definition) is 4. The summed E-state index contributed by atoms with van der Waals surface area (Å²) in [6.07, 6.45) is 15.6. The number of ether oxygens (including phenoxy) is 1. The SMILES string of the molecule is CC1=C(Nc2nc(Nc3ccc(C#N)cc3)ncc2-c2nc(-c3ccccn3)no2)C(C)CC(/C=C/C#N)=C1.CCOC(=O)c1cnc(Nc2ccc(C#N)cc2)nc1Nc1c(C)cc(/C=C/C#N)cc1C.O=NC(=O)c1cccc[nH+]1. The number of nitrogens with zero attached hydrogens (tertiary/aromatic N) is 12. The van der Waals surface area contributed by atoms with Gasteiger partial charge in [0.2, 0.25) is 17.7 Å². The zero-order valence-electron chi connectivity index (χ0n) is 44.8. The number of anilines is 7. The van der Waals surface area contributed by atoms with Gasteiger partial charge in [-0.1, -0.05) is 24.2 Å². The molecule has 0 fully saturated rings. The van der Waals surface area contributed by atoms with Crippen molar-refractivity contribution in [3.63, 3.8) is 0 Å². The number of aromatic amines is 1. The number of aryl methyl sites for hydroxylation is 2. The van der Waals surface area contributed by atoms with Gasteiger partial charge in [-0.2, -0.15) is 36.0 Å². The van der Waals surface area contributed by atoms with Crippen LogP contribution in [0.4, 0.5) is 40.6 Å². The van der Waals surface area contributed by atoms with Crippen molar-refractivity contribution >= 4 is 58.5 Å². The van der Waals surface area contributed by atoms with E-state index < -0.39 is 11.9 Å². The maximum Gasteiger partial charge on any atom is 0.380 e. The molecule has 3 aromatic carbocycles. The van der Waals surface area contributed by atoms with Crippen LogP contribution in [-0.4, -0.2) is 53.5 Å². The van der Waals surface area contributed by atoms with Crippen molar-refractivity contribution in [1.82, 2.24) is 35.1 Å². The number of nitriles is 4. The molecule has 1 amide bonds. The number of hydrogen-bond acceptors (Lipinski definition) is 20. The van der Waals surface area contributed by atoms with Gasteiger partial charge in [-0.15, -0.1) is 4.91 Å². The van der Waals surface area contributed by atoms with Crippen molar-refractivity contribution in [2.45, 2.75) is 41.0 Å². The highest BCUT2D eigenvalue weighted by Gasteiger charge is 2.24. The average molecular weight is 1090 g/mol. The van der Waals surface area contributed by atoms with Crippen molar-refractivity contribution < 1.29 is 23.8 Å². The summed E-state index contributed by atoms with van der Waals surface area (Å²) in [6.45, 7) is 9.94. The Morgan fingerprint density at radius 2 is 1.40 bits per heavy atom. The third-order valence-corrected chi connectivity index (χ3v) is 11.8. The number of esters is 1. The lowest BCUT2D eigenvalue weighted by atomic mass is 9.88. The van der Waals surface area contributed by atoms with Crippen LogP contribution in [0, 0.1) is 70.0 Å². The van der Waals surface area contributed by atoms with Gasteiger partial charge in [0.05, 0.1) is 42.0 Å². The molecule has 5 heterocycles. The number of rotatable bonds is 15. The smallest absolute Gasteiger partial charge is 0.380 e. The van der Waals surface area contributed by atoms with Crippen LogP contribution in [-0.2, 0) is 4.74 Å². The molecular weight excluding hydrogens is 1040 g/mol. The minimum Gasteiger partial charge on any atom is -0.462 e. The number of benzene rings is 3. The third-order valence-electron chi connectivity index (χ3n) is 11.8. The molecule has 0 aliphatic heterocycles. The second-order valence-electron chi connectivity index (χ2n) is 17.7. The van der Waals surface area contributed by atoms with Gasteiger partial charge in [-0.05, 0) is 153 Å². The van der Waals surface area contributed by atoms with Crippen LogP contribution in [0.25, 0.3) is 29.0 Å². The third kappa shape index (κ3) is 15.6. The molecule has 404 valence electrons. The van der Waals surface area contributed by atoms with E-state index in [1.54, 1.807) is 98.3 Å². The first-order valence-corrected chi connectivity index (χ1v) is 25.1. The van der Waals surface area contributed by atoms with E-state index >= 15 is 0 Å². The molecule has 0 spiro atoms. The summed E-state index contributed by atoms with van der Waals surface area (Å²) >= 11 is 0. The van der Waals surface area contributed by atoms with Gasteiger partial charge in [0, 0.05) is 76.7 Å². The first-order chi connectivity index (χ1) is 39.8. The lowest BCUT2D eigenvalue weighted by Gasteiger charge is -2.25. The Labute approximate surface area is 471 Å². The standard InChI is InChI=1S/C29H23N9O.C25H22N6O2.C6H4N2O2/c1-18-14-21(6-5-12-30)15-19(2)25(18)35-26-23(28-36-27(38-39-28)24-7-3-4-13-32-24)17-33-29(37-26)34-22-10-8-20(16-31)9-11-22;1-4-33-24(32)21-15-28-25(29-20-9-7-18(14-27)8-10-20)31-23(21)30-22-16(2)12-19(6-5-11-26)13-17(22)3;9-6(8-10)5-3-1-2-4-7-5/h3-11,13-14,17,19H,15H2,1-2H3,(H2,33,34,35,37);5-10,12-13,15H,4H2,1-3H3,(H2,28,29,30,31);1-4H/p+1/b2*6-5+;. The molecule has 82 heavy (non-hydrogen) atoms. The van der Waals surface area contributed by atoms with Crippen LogP contribution in [0.3, 0.4) is 0 Å². The summed E-state index contributed by atoms with van der Waals surface area (Å²) < 4.78 is 10.8. The van der Waals surface area contributed by atoms with E-state index in [2.05, 4.69) is 86.6 Å². The number of aromatic nitrogens is 8. The number of pyridine rings is 2. The van der Waals surface area contributed by atoms with Crippen molar-refractivity contribution in [3.05, 3.63) is 207 Å². The molecule has 5 N–H and O–H groups in total. The molecule has 1 aliphatic rings. The molecule has 8 aromatic rings. The van der Waals surface area contributed by atoms with Crippen LogP contribution < -0.4 is 26.3 Å². The van der Waals surface area contributed by atoms with Crippen LogP contribution in [0.15, 0.2) is 173 Å². The highest BCUT2D eigenvalue weighted by Crippen LogP contribution is 2.35. The average Bonchev–Trinajstić information content (AvgIpc) is 4.15. The highest BCUT2D eigenvalue weighted by molar-refractivity contribution is 5.96. The summed E-state index contributed by atoms with van der Waals surface area (Å²) in [4.78, 5) is 62.1. The predicted octanol–water partition coefficient (Wildman–Crippen LogP) is 11.5. The van der Waals surface area contributed by atoms with Gasteiger partial charge in [-0.3, -0.25) is 9.78 Å². The molecule has 1 atom stereocenters. The zero-order chi connectivity index (χ0) is 58.4. The maximum absolute atomic E-state index is 12.5. The lowest BCUT2D eigenvalue weighted by Crippen LogP contribution is -2.16. The van der Waals surface area contributed by atoms with E-state index in [1.807, 2.05) is 63.3 Å². The van der Waals surface area contributed by atoms with E-state index in [1.165, 1.54) is 24.4 Å². The van der Waals surface area contributed by atoms with E-state index in [9.17, 15) is 14.5 Å². The van der Waals surface area contributed by atoms with E-state index in [-0.39, 0.29) is 35.6 Å². The molecule has 22 heteroatoms. The summed E-state index contributed by atoms with van der Waals surface area (Å²) in [6, 6.07) is 36.3. The molecular formula is C60H50N17O5+. The van der Waals surface area contributed by atoms with E-state index in [0.29, 0.717) is 51.5 Å². The Bertz CT molecular complexity index is 3880. The second-order valence-corrected chi connectivity index (χ2v) is 17.7. The fraction of sp³-hybridized carbons (Fsp3) is 0.133. The van der Waals surface area contributed by atoms with Crippen molar-refractivity contribution in [1.29, 1.82) is 21.0 Å². The topological polar surface area (TPSA) is 334 Å². The van der Waals surface area contributed by atoms with Crippen LogP contribution in [0.1, 0.15) is 75.9 Å². The fourth-order valence-electron chi connectivity index (χ4n) is 8.02. The minimum absolute atomic E-state index is 0.137. The van der Waals surface area contributed by atoms with Gasteiger partial charge in [0.15, 0.2) is 12.0 Å². The normalized spacial score (nSPS) is 12.4. The second kappa shape index (κ2) is 28.5. The number of amides is 1. The Morgan fingerprint density at radius 3 is 1.98 bits per heavy atom. The zero-order valence-corrected chi connectivity index (χ0v) is 44.8. The lowest BCUT2D eigenvalue weighted by molar-refractivity contribution is -0.381. The van der Waals surface area contributed by atoms with Crippen molar-refractivity contribution in [2.24, 2.45) is 11.1 Å². The molecule has 9 rings (SSSR count). The van der Waals surface area contributed by atoms with Gasteiger partial charge < -0.3 is 30.5 Å². The minimum atomic E-state index is -0.777. The highest BCUT2D eigenvalue weighted by atomic mass is 16.5. The molecule has 0 radical (unpaired) electrons. The summed E-state index contributed by atoms with van der Waals surface area (Å²) in [5, 5.41) is 55.0. The Kier molecular flexibility index (Phi) is 20.1. The van der Waals surface area contributed by atoms with Gasteiger partial charge in [-0.25, -0.2) is 19.7 Å². The Hall–Kier alpha value is -11.9. The number of H-pyrrole nitrogens is 1. The Balaban J connectivity index is 0.000000204. The predicted molar refractivity (Wildman–Crippen MR) is 305 cm³/mol. The summed E-state index contributed by atoms with van der Waals surface area (Å²) in [7, 11) is 0. The maximum atomic E-state index is 12.5. The number of carbonyl (C=O) groups is 2. The quantitative estimate of drug-likeness (QED) is 0.0421. The van der Waals surface area contributed by atoms with E-state index in [4.69, 9.17) is 35.3 Å². The first kappa shape index (κ1) is 57.8. The summed E-state index contributed by atoms with van der Waals surface area (Å²) in [5.41, 5.74) is 10.7.